The molecule has 0 fully saturated rings. The number of aryl methyl sites for hydroxylation is 6. The molecule has 1 spiro atoms. The minimum absolute atomic E-state index is 0.759. The minimum Gasteiger partial charge on any atom is -0.258 e. The molecule has 12 aromatic rings. The van der Waals surface area contributed by atoms with Gasteiger partial charge in [-0.1, -0.05) is 78.9 Å². The minimum atomic E-state index is -0.879. The summed E-state index contributed by atoms with van der Waals surface area (Å²) >= 11 is 0. The maximum absolute atomic E-state index is 5.35. The van der Waals surface area contributed by atoms with Gasteiger partial charge in [0, 0.05) is 90.4 Å². The van der Waals surface area contributed by atoms with Gasteiger partial charge in [-0.3, -0.25) is 19.9 Å². The van der Waals surface area contributed by atoms with Crippen LogP contribution in [0.25, 0.3) is 98.4 Å². The summed E-state index contributed by atoms with van der Waals surface area (Å²) in [6.07, 6.45) is 6.77. The molecular formula is C63H48N6+2. The Bertz CT molecular complexity index is 4300. The van der Waals surface area contributed by atoms with Crippen LogP contribution in [0.2, 0.25) is 0 Å². The number of fused-ring (bicyclic) bond motifs is 20. The lowest BCUT2D eigenvalue weighted by atomic mass is 9.59. The highest BCUT2D eigenvalue weighted by molar-refractivity contribution is 6.14. The molecule has 0 amide bonds. The Morgan fingerprint density at radius 3 is 1.26 bits per heavy atom. The fraction of sp³-hybridized carbons (Fsp3) is 0.143. The third kappa shape index (κ3) is 5.05. The van der Waals surface area contributed by atoms with E-state index in [2.05, 4.69) is 216 Å². The summed E-state index contributed by atoms with van der Waals surface area (Å²) < 4.78 is 5.28. The average Bonchev–Trinajstić information content (AvgIpc) is 3.66. The van der Waals surface area contributed by atoms with Crippen LogP contribution in [0.15, 0.2) is 164 Å². The quantitative estimate of drug-likeness (QED) is 0.128. The number of benzene rings is 6. The van der Waals surface area contributed by atoms with E-state index in [0.717, 1.165) is 56.2 Å². The zero-order valence-corrected chi connectivity index (χ0v) is 39.8. The molecule has 8 heterocycles. The number of nitrogens with zero attached hydrogens (tertiary/aromatic N) is 6. The molecule has 6 heteroatoms. The zero-order valence-electron chi connectivity index (χ0n) is 39.8. The highest BCUT2D eigenvalue weighted by atomic mass is 15.3. The van der Waals surface area contributed by atoms with Crippen LogP contribution in [0.4, 0.5) is 0 Å². The van der Waals surface area contributed by atoms with Crippen molar-refractivity contribution in [3.63, 3.8) is 0 Å². The molecule has 2 atom stereocenters. The number of rotatable bonds is 2. The molecule has 2 aliphatic rings. The molecule has 6 aromatic carbocycles. The van der Waals surface area contributed by atoms with E-state index >= 15 is 0 Å². The first-order valence-electron chi connectivity index (χ1n) is 24.0. The Morgan fingerprint density at radius 1 is 0.362 bits per heavy atom. The van der Waals surface area contributed by atoms with Gasteiger partial charge in [-0.15, -0.1) is 9.13 Å². The van der Waals surface area contributed by atoms with E-state index in [9.17, 15) is 0 Å². The molecule has 0 aliphatic carbocycles. The Kier molecular flexibility index (Phi) is 8.05. The molecule has 14 rings (SSSR count). The van der Waals surface area contributed by atoms with Crippen LogP contribution in [0, 0.1) is 41.5 Å². The Hall–Kier alpha value is -8.22. The molecule has 328 valence electrons. The number of hydrogen-bond donors (Lipinski definition) is 0. The van der Waals surface area contributed by atoms with Crippen molar-refractivity contribution in [2.24, 2.45) is 0 Å². The highest BCUT2D eigenvalue weighted by Gasteiger charge is 2.75. The summed E-state index contributed by atoms with van der Waals surface area (Å²) in [7, 11) is 0. The average molecular weight is 889 g/mol. The Balaban J connectivity index is 1.17. The van der Waals surface area contributed by atoms with Crippen molar-refractivity contribution >= 4 is 64.6 Å². The topological polar surface area (TPSA) is 59.3 Å². The van der Waals surface area contributed by atoms with Crippen LogP contribution in [-0.4, -0.2) is 19.9 Å². The molecule has 6 nitrogen and oxygen atoms in total. The Morgan fingerprint density at radius 2 is 0.754 bits per heavy atom. The van der Waals surface area contributed by atoms with Crippen LogP contribution in [0.5, 0.6) is 0 Å². The van der Waals surface area contributed by atoms with Gasteiger partial charge in [-0.05, 0) is 136 Å². The lowest BCUT2D eigenvalue weighted by molar-refractivity contribution is -0.979. The first-order valence-corrected chi connectivity index (χ1v) is 24.0. The molecular weight excluding hydrogens is 841 g/mol. The lowest BCUT2D eigenvalue weighted by Crippen LogP contribution is -2.82. The predicted octanol–water partition coefficient (Wildman–Crippen LogP) is 13.5. The summed E-state index contributed by atoms with van der Waals surface area (Å²) in [6, 6.07) is 54.9. The fourth-order valence-electron chi connectivity index (χ4n) is 13.3. The summed E-state index contributed by atoms with van der Waals surface area (Å²) in [6.45, 7) is 15.2. The first-order chi connectivity index (χ1) is 33.6. The van der Waals surface area contributed by atoms with E-state index in [1.807, 2.05) is 6.20 Å². The van der Waals surface area contributed by atoms with E-state index < -0.39 is 11.1 Å². The third-order valence-corrected chi connectivity index (χ3v) is 16.0. The van der Waals surface area contributed by atoms with Gasteiger partial charge in [0.25, 0.3) is 0 Å². The van der Waals surface area contributed by atoms with Gasteiger partial charge in [0.2, 0.25) is 11.4 Å². The van der Waals surface area contributed by atoms with Gasteiger partial charge in [0.05, 0.1) is 27.6 Å². The van der Waals surface area contributed by atoms with E-state index in [1.54, 1.807) is 0 Å². The molecule has 0 saturated heterocycles. The maximum Gasteiger partial charge on any atom is 0.403 e. The van der Waals surface area contributed by atoms with Gasteiger partial charge in [0.1, 0.15) is 5.56 Å². The van der Waals surface area contributed by atoms with E-state index in [4.69, 9.17) is 19.9 Å². The molecule has 6 aromatic heterocycles. The van der Waals surface area contributed by atoms with Crippen molar-refractivity contribution in [3.05, 3.63) is 215 Å². The number of pyridine rings is 6. The standard InChI is InChI=1S/C63H48N6/c1-35-32-53-41(38(4)65-35)20-23-47-44(53)26-29-64-59(47)50-14-8-11-17-56(50)62(7)57-18-12-9-15-51(57)60-48-24-21-42-39(5)66-36(2)33-54(42)45(48)27-30-68(60)63(62)58-19-13-10-16-52(58)61-49-25-22-43-40(6)67-37(3)34-55(43)46(49)28-31-69(61)63/h8-34H,1-7H3/q+2/t62-,63?/m0/s1. The van der Waals surface area contributed by atoms with Crippen molar-refractivity contribution in [3.8, 4) is 33.8 Å². The van der Waals surface area contributed by atoms with Gasteiger partial charge >= 0.3 is 5.66 Å². The summed E-state index contributed by atoms with van der Waals surface area (Å²) in [5.41, 5.74) is 15.1. The smallest absolute Gasteiger partial charge is 0.258 e. The molecule has 69 heavy (non-hydrogen) atoms. The van der Waals surface area contributed by atoms with Gasteiger partial charge in [-0.2, -0.15) is 0 Å². The predicted molar refractivity (Wildman–Crippen MR) is 280 cm³/mol. The van der Waals surface area contributed by atoms with Crippen LogP contribution < -0.4 is 9.13 Å². The highest BCUT2D eigenvalue weighted by Crippen LogP contribution is 2.58. The van der Waals surface area contributed by atoms with Crippen LogP contribution in [0.3, 0.4) is 0 Å². The molecule has 1 unspecified atom stereocenters. The third-order valence-electron chi connectivity index (χ3n) is 16.0. The molecule has 2 aliphatic heterocycles. The number of hydrogen-bond acceptors (Lipinski definition) is 4. The Labute approximate surface area is 400 Å². The zero-order chi connectivity index (χ0) is 46.7. The van der Waals surface area contributed by atoms with Crippen molar-refractivity contribution in [1.82, 2.24) is 19.9 Å². The van der Waals surface area contributed by atoms with Crippen molar-refractivity contribution in [2.45, 2.75) is 59.5 Å². The van der Waals surface area contributed by atoms with E-state index in [1.165, 1.54) is 93.1 Å². The van der Waals surface area contributed by atoms with E-state index in [-0.39, 0.29) is 0 Å². The largest absolute Gasteiger partial charge is 0.403 e. The van der Waals surface area contributed by atoms with Crippen LogP contribution in [-0.2, 0) is 11.1 Å². The second-order valence-electron chi connectivity index (χ2n) is 19.7. The normalized spacial score (nSPS) is 17.0. The second kappa shape index (κ2) is 13.9. The van der Waals surface area contributed by atoms with E-state index in [0.29, 0.717) is 0 Å². The van der Waals surface area contributed by atoms with Gasteiger partial charge in [0.15, 0.2) is 17.8 Å². The second-order valence-corrected chi connectivity index (χ2v) is 19.7. The van der Waals surface area contributed by atoms with Crippen LogP contribution in [0.1, 0.15) is 57.8 Å². The monoisotopic (exact) mass is 888 g/mol. The lowest BCUT2D eigenvalue weighted by Gasteiger charge is -2.43. The first kappa shape index (κ1) is 39.9. The summed E-state index contributed by atoms with van der Waals surface area (Å²) in [5.74, 6) is 0. The van der Waals surface area contributed by atoms with Crippen molar-refractivity contribution in [2.75, 3.05) is 0 Å². The summed E-state index contributed by atoms with van der Waals surface area (Å²) in [5, 5.41) is 14.3. The molecule has 0 saturated carbocycles. The molecule has 0 bridgehead atoms. The van der Waals surface area contributed by atoms with Crippen LogP contribution >= 0.6 is 0 Å². The van der Waals surface area contributed by atoms with Gasteiger partial charge < -0.3 is 0 Å². The SMILES string of the molecule is Cc1cc2c(ccc3c(-c4ccccc4[C@@]4(C)c5ccccc5-c5c6ccc7c(C)nc(C)cc7c6cc[n+]5C45c4ccccc4-c4c6ccc7c(C)nc(C)cc7c6cc[n+]45)nccc32)c(C)n1. The number of aromatic nitrogens is 6. The van der Waals surface area contributed by atoms with Gasteiger partial charge in [-0.25, -0.2) is 0 Å². The fourth-order valence-corrected chi connectivity index (χ4v) is 13.3. The van der Waals surface area contributed by atoms with Crippen molar-refractivity contribution < 1.29 is 9.13 Å². The molecule has 0 radical (unpaired) electrons. The summed E-state index contributed by atoms with van der Waals surface area (Å²) in [4.78, 5) is 20.0. The maximum atomic E-state index is 5.35. The molecule has 0 N–H and O–H groups in total. The van der Waals surface area contributed by atoms with Crippen molar-refractivity contribution in [1.29, 1.82) is 0 Å².